The summed E-state index contributed by atoms with van der Waals surface area (Å²) in [5.74, 6) is 0.523. The first-order valence-corrected chi connectivity index (χ1v) is 8.33. The molecule has 2 saturated heterocycles. The Hall–Kier alpha value is -0.610. The largest absolute Gasteiger partial charge is 0.381 e. The molecule has 0 radical (unpaired) electrons. The Morgan fingerprint density at radius 3 is 2.71 bits per heavy atom. The molecule has 0 unspecified atom stereocenters. The minimum absolute atomic E-state index is 0.523. The van der Waals surface area contributed by atoms with Crippen LogP contribution in [0.5, 0.6) is 0 Å². The molecule has 0 aromatic heterocycles. The van der Waals surface area contributed by atoms with Gasteiger partial charge in [-0.1, -0.05) is 29.8 Å². The first-order chi connectivity index (χ1) is 10.3. The Morgan fingerprint density at radius 2 is 1.90 bits per heavy atom. The Kier molecular flexibility index (Phi) is 5.53. The molecule has 0 aliphatic carbocycles. The van der Waals surface area contributed by atoms with E-state index < -0.39 is 0 Å². The summed E-state index contributed by atoms with van der Waals surface area (Å²) < 4.78 is 11.3. The van der Waals surface area contributed by atoms with Gasteiger partial charge in [-0.25, -0.2) is 0 Å². The SMILES string of the molecule is Clc1ccccc1C[C@@H]1COCCN(C2CCOCC2)C1. The van der Waals surface area contributed by atoms with E-state index in [-0.39, 0.29) is 0 Å². The van der Waals surface area contributed by atoms with Crippen molar-refractivity contribution in [3.63, 3.8) is 0 Å². The smallest absolute Gasteiger partial charge is 0.0593 e. The molecule has 0 bridgehead atoms. The number of rotatable bonds is 3. The van der Waals surface area contributed by atoms with Gasteiger partial charge in [0.05, 0.1) is 13.2 Å². The van der Waals surface area contributed by atoms with Crippen LogP contribution in [-0.4, -0.2) is 50.5 Å². The molecule has 2 fully saturated rings. The highest BCUT2D eigenvalue weighted by atomic mass is 35.5. The maximum Gasteiger partial charge on any atom is 0.0593 e. The predicted octanol–water partition coefficient (Wildman–Crippen LogP) is 3.01. The third-order valence-electron chi connectivity index (χ3n) is 4.54. The fourth-order valence-electron chi connectivity index (χ4n) is 3.39. The lowest BCUT2D eigenvalue weighted by Gasteiger charge is -2.34. The normalized spacial score (nSPS) is 25.7. The van der Waals surface area contributed by atoms with Gasteiger partial charge in [0.2, 0.25) is 0 Å². The second-order valence-electron chi connectivity index (χ2n) is 6.07. The lowest BCUT2D eigenvalue weighted by atomic mass is 9.98. The molecule has 116 valence electrons. The molecule has 2 aliphatic heterocycles. The fraction of sp³-hybridized carbons (Fsp3) is 0.647. The molecule has 1 aromatic carbocycles. The molecule has 2 heterocycles. The van der Waals surface area contributed by atoms with Gasteiger partial charge < -0.3 is 9.47 Å². The molecular weight excluding hydrogens is 286 g/mol. The van der Waals surface area contributed by atoms with Crippen molar-refractivity contribution >= 4 is 11.6 Å². The summed E-state index contributed by atoms with van der Waals surface area (Å²) in [4.78, 5) is 2.61. The van der Waals surface area contributed by atoms with Gasteiger partial charge in [0.25, 0.3) is 0 Å². The monoisotopic (exact) mass is 309 g/mol. The zero-order chi connectivity index (χ0) is 14.5. The summed E-state index contributed by atoms with van der Waals surface area (Å²) in [6.45, 7) is 5.63. The van der Waals surface area contributed by atoms with E-state index in [0.717, 1.165) is 63.8 Å². The topological polar surface area (TPSA) is 21.7 Å². The van der Waals surface area contributed by atoms with Gasteiger partial charge in [-0.3, -0.25) is 4.90 Å². The van der Waals surface area contributed by atoms with Crippen LogP contribution >= 0.6 is 11.6 Å². The van der Waals surface area contributed by atoms with Crippen LogP contribution in [0.2, 0.25) is 5.02 Å². The minimum atomic E-state index is 0.523. The number of ether oxygens (including phenoxy) is 2. The Bertz CT molecular complexity index is 448. The number of hydrogen-bond donors (Lipinski definition) is 0. The van der Waals surface area contributed by atoms with Crippen LogP contribution in [0.25, 0.3) is 0 Å². The van der Waals surface area contributed by atoms with Gasteiger partial charge in [0, 0.05) is 37.4 Å². The van der Waals surface area contributed by atoms with E-state index in [1.54, 1.807) is 0 Å². The lowest BCUT2D eigenvalue weighted by Crippen LogP contribution is -2.42. The highest BCUT2D eigenvalue weighted by molar-refractivity contribution is 6.31. The molecule has 4 heteroatoms. The van der Waals surface area contributed by atoms with Gasteiger partial charge in [-0.15, -0.1) is 0 Å². The van der Waals surface area contributed by atoms with Crippen molar-refractivity contribution in [2.75, 3.05) is 39.5 Å². The van der Waals surface area contributed by atoms with Crippen LogP contribution in [0.15, 0.2) is 24.3 Å². The summed E-state index contributed by atoms with van der Waals surface area (Å²) >= 11 is 6.30. The standard InChI is InChI=1S/C17H24ClNO2/c18-17-4-2-1-3-15(17)11-14-12-19(7-10-21-13-14)16-5-8-20-9-6-16/h1-4,14,16H,5-13H2/t14-/m0/s1. The highest BCUT2D eigenvalue weighted by Crippen LogP contribution is 2.23. The van der Waals surface area contributed by atoms with E-state index in [1.807, 2.05) is 12.1 Å². The van der Waals surface area contributed by atoms with Crippen LogP contribution in [0, 0.1) is 5.92 Å². The van der Waals surface area contributed by atoms with Crippen LogP contribution in [0.1, 0.15) is 18.4 Å². The van der Waals surface area contributed by atoms with Crippen molar-refractivity contribution in [3.05, 3.63) is 34.9 Å². The second kappa shape index (κ2) is 7.59. The van der Waals surface area contributed by atoms with E-state index in [4.69, 9.17) is 21.1 Å². The molecule has 0 spiro atoms. The number of benzene rings is 1. The van der Waals surface area contributed by atoms with Crippen molar-refractivity contribution in [2.24, 2.45) is 5.92 Å². The van der Waals surface area contributed by atoms with E-state index in [1.165, 1.54) is 5.56 Å². The van der Waals surface area contributed by atoms with Crippen molar-refractivity contribution < 1.29 is 9.47 Å². The van der Waals surface area contributed by atoms with Crippen LogP contribution in [0.4, 0.5) is 0 Å². The molecule has 3 rings (SSSR count). The molecule has 1 atom stereocenters. The van der Waals surface area contributed by atoms with Gasteiger partial charge in [-0.2, -0.15) is 0 Å². The first kappa shape index (κ1) is 15.3. The maximum atomic E-state index is 6.30. The van der Waals surface area contributed by atoms with Crippen molar-refractivity contribution in [2.45, 2.75) is 25.3 Å². The molecular formula is C17H24ClNO2. The molecule has 2 aliphatic rings. The molecule has 0 amide bonds. The summed E-state index contributed by atoms with van der Waals surface area (Å²) in [6, 6.07) is 8.82. The zero-order valence-corrected chi connectivity index (χ0v) is 13.2. The second-order valence-corrected chi connectivity index (χ2v) is 6.48. The Labute approximate surface area is 132 Å². The molecule has 3 nitrogen and oxygen atoms in total. The lowest BCUT2D eigenvalue weighted by molar-refractivity contribution is 0.0308. The van der Waals surface area contributed by atoms with E-state index in [9.17, 15) is 0 Å². The summed E-state index contributed by atoms with van der Waals surface area (Å²) in [5, 5.41) is 0.874. The third-order valence-corrected chi connectivity index (χ3v) is 4.91. The predicted molar refractivity (Wildman–Crippen MR) is 84.9 cm³/mol. The van der Waals surface area contributed by atoms with Crippen LogP contribution < -0.4 is 0 Å². The quantitative estimate of drug-likeness (QED) is 0.857. The van der Waals surface area contributed by atoms with Crippen molar-refractivity contribution in [3.8, 4) is 0 Å². The number of nitrogens with zero attached hydrogens (tertiary/aromatic N) is 1. The fourth-order valence-corrected chi connectivity index (χ4v) is 3.60. The third kappa shape index (κ3) is 4.19. The first-order valence-electron chi connectivity index (χ1n) is 7.96. The van der Waals surface area contributed by atoms with E-state index >= 15 is 0 Å². The zero-order valence-electron chi connectivity index (χ0n) is 12.5. The minimum Gasteiger partial charge on any atom is -0.381 e. The number of hydrogen-bond acceptors (Lipinski definition) is 3. The van der Waals surface area contributed by atoms with Crippen molar-refractivity contribution in [1.82, 2.24) is 4.90 Å². The average Bonchev–Trinajstić information content (AvgIpc) is 2.76. The van der Waals surface area contributed by atoms with Crippen LogP contribution in [0.3, 0.4) is 0 Å². The number of halogens is 1. The Balaban J connectivity index is 1.63. The highest BCUT2D eigenvalue weighted by Gasteiger charge is 2.26. The van der Waals surface area contributed by atoms with Gasteiger partial charge >= 0.3 is 0 Å². The molecule has 0 N–H and O–H groups in total. The van der Waals surface area contributed by atoms with Gasteiger partial charge in [0.15, 0.2) is 0 Å². The average molecular weight is 310 g/mol. The van der Waals surface area contributed by atoms with Gasteiger partial charge in [0.1, 0.15) is 0 Å². The van der Waals surface area contributed by atoms with E-state index in [2.05, 4.69) is 17.0 Å². The summed E-state index contributed by atoms with van der Waals surface area (Å²) in [6.07, 6.45) is 3.30. The molecule has 0 saturated carbocycles. The van der Waals surface area contributed by atoms with E-state index in [0.29, 0.717) is 12.0 Å². The molecule has 21 heavy (non-hydrogen) atoms. The Morgan fingerprint density at radius 1 is 1.10 bits per heavy atom. The van der Waals surface area contributed by atoms with Crippen LogP contribution in [-0.2, 0) is 15.9 Å². The maximum absolute atomic E-state index is 6.30. The van der Waals surface area contributed by atoms with Crippen molar-refractivity contribution in [1.29, 1.82) is 0 Å². The molecule has 1 aromatic rings. The summed E-state index contributed by atoms with van der Waals surface area (Å²) in [5.41, 5.74) is 1.24. The van der Waals surface area contributed by atoms with Gasteiger partial charge in [-0.05, 0) is 36.8 Å². The summed E-state index contributed by atoms with van der Waals surface area (Å²) in [7, 11) is 0.